The maximum absolute atomic E-state index is 5.85. The van der Waals surface area contributed by atoms with Crippen LogP contribution in [0.25, 0.3) is 6.08 Å². The van der Waals surface area contributed by atoms with Crippen LogP contribution in [0, 0.1) is 0 Å². The third-order valence-corrected chi connectivity index (χ3v) is 3.10. The van der Waals surface area contributed by atoms with Gasteiger partial charge in [0.15, 0.2) is 0 Å². The molecule has 112 valence electrons. The fourth-order valence-corrected chi connectivity index (χ4v) is 2.08. The van der Waals surface area contributed by atoms with Gasteiger partial charge in [-0.05, 0) is 32.0 Å². The SMILES string of the molecule is CC=Cc1ccccc1OCc1cc(CNCCC)co1. The van der Waals surface area contributed by atoms with Gasteiger partial charge in [0.2, 0.25) is 0 Å². The van der Waals surface area contributed by atoms with Gasteiger partial charge in [0.05, 0.1) is 6.26 Å². The highest BCUT2D eigenvalue weighted by molar-refractivity contribution is 5.56. The lowest BCUT2D eigenvalue weighted by Crippen LogP contribution is -2.13. The first-order valence-corrected chi connectivity index (χ1v) is 7.45. The molecule has 0 atom stereocenters. The molecule has 0 unspecified atom stereocenters. The molecule has 0 aliphatic carbocycles. The highest BCUT2D eigenvalue weighted by Crippen LogP contribution is 2.21. The molecule has 1 aromatic carbocycles. The molecule has 3 nitrogen and oxygen atoms in total. The first-order valence-electron chi connectivity index (χ1n) is 7.45. The summed E-state index contributed by atoms with van der Waals surface area (Å²) < 4.78 is 11.4. The fraction of sp³-hybridized carbons (Fsp3) is 0.333. The largest absolute Gasteiger partial charge is 0.485 e. The van der Waals surface area contributed by atoms with Crippen LogP contribution >= 0.6 is 0 Å². The van der Waals surface area contributed by atoms with Crippen molar-refractivity contribution in [2.24, 2.45) is 0 Å². The summed E-state index contributed by atoms with van der Waals surface area (Å²) in [6.45, 7) is 6.46. The number of para-hydroxylation sites is 1. The molecule has 2 rings (SSSR count). The van der Waals surface area contributed by atoms with Crippen LogP contribution in [-0.4, -0.2) is 6.54 Å². The molecular formula is C18H23NO2. The zero-order valence-corrected chi connectivity index (χ0v) is 12.8. The Hall–Kier alpha value is -2.00. The van der Waals surface area contributed by atoms with E-state index < -0.39 is 0 Å². The molecule has 0 aliphatic rings. The molecule has 1 N–H and O–H groups in total. The quantitative estimate of drug-likeness (QED) is 0.730. The summed E-state index contributed by atoms with van der Waals surface area (Å²) in [5.74, 6) is 1.72. The monoisotopic (exact) mass is 285 g/mol. The average Bonchev–Trinajstić information content (AvgIpc) is 2.95. The zero-order valence-electron chi connectivity index (χ0n) is 12.8. The number of benzene rings is 1. The van der Waals surface area contributed by atoms with E-state index in [1.807, 2.05) is 49.4 Å². The second-order valence-electron chi connectivity index (χ2n) is 4.92. The second kappa shape index (κ2) is 8.32. The van der Waals surface area contributed by atoms with Crippen LogP contribution < -0.4 is 10.1 Å². The summed E-state index contributed by atoms with van der Waals surface area (Å²) in [6.07, 6.45) is 6.97. The number of hydrogen-bond acceptors (Lipinski definition) is 3. The lowest BCUT2D eigenvalue weighted by molar-refractivity contribution is 0.270. The highest BCUT2D eigenvalue weighted by atomic mass is 16.5. The predicted octanol–water partition coefficient (Wildman–Crippen LogP) is 4.39. The maximum Gasteiger partial charge on any atom is 0.146 e. The van der Waals surface area contributed by atoms with Gasteiger partial charge >= 0.3 is 0 Å². The van der Waals surface area contributed by atoms with E-state index in [0.717, 1.165) is 42.1 Å². The number of nitrogens with one attached hydrogen (secondary N) is 1. The average molecular weight is 285 g/mol. The molecule has 0 fully saturated rings. The van der Waals surface area contributed by atoms with Crippen molar-refractivity contribution in [3.8, 4) is 5.75 Å². The topological polar surface area (TPSA) is 34.4 Å². The molecule has 0 saturated carbocycles. The molecule has 0 radical (unpaired) electrons. The first kappa shape index (κ1) is 15.4. The van der Waals surface area contributed by atoms with Crippen molar-refractivity contribution in [3.05, 3.63) is 59.6 Å². The highest BCUT2D eigenvalue weighted by Gasteiger charge is 2.04. The Morgan fingerprint density at radius 1 is 1.29 bits per heavy atom. The molecule has 0 spiro atoms. The molecule has 0 aliphatic heterocycles. The van der Waals surface area contributed by atoms with Gasteiger partial charge in [-0.15, -0.1) is 0 Å². The first-order chi connectivity index (χ1) is 10.3. The number of furan rings is 1. The van der Waals surface area contributed by atoms with Crippen LogP contribution in [0.4, 0.5) is 0 Å². The fourth-order valence-electron chi connectivity index (χ4n) is 2.08. The van der Waals surface area contributed by atoms with Crippen molar-refractivity contribution in [2.45, 2.75) is 33.4 Å². The molecule has 1 heterocycles. The lowest BCUT2D eigenvalue weighted by atomic mass is 10.2. The Balaban J connectivity index is 1.91. The summed E-state index contributed by atoms with van der Waals surface area (Å²) in [5.41, 5.74) is 2.24. The third kappa shape index (κ3) is 4.80. The van der Waals surface area contributed by atoms with Gasteiger partial charge in [0, 0.05) is 17.7 Å². The molecule has 3 heteroatoms. The van der Waals surface area contributed by atoms with Crippen LogP contribution in [0.3, 0.4) is 0 Å². The van der Waals surface area contributed by atoms with E-state index in [1.165, 1.54) is 0 Å². The minimum atomic E-state index is 0.447. The maximum atomic E-state index is 5.85. The predicted molar refractivity (Wildman–Crippen MR) is 86.2 cm³/mol. The van der Waals surface area contributed by atoms with Crippen molar-refractivity contribution in [1.29, 1.82) is 0 Å². The smallest absolute Gasteiger partial charge is 0.146 e. The summed E-state index contributed by atoms with van der Waals surface area (Å²) in [4.78, 5) is 0. The molecule has 0 saturated heterocycles. The van der Waals surface area contributed by atoms with Gasteiger partial charge < -0.3 is 14.5 Å². The van der Waals surface area contributed by atoms with E-state index in [9.17, 15) is 0 Å². The number of ether oxygens (including phenoxy) is 1. The van der Waals surface area contributed by atoms with Gasteiger partial charge in [0.25, 0.3) is 0 Å². The molecule has 21 heavy (non-hydrogen) atoms. The van der Waals surface area contributed by atoms with E-state index >= 15 is 0 Å². The van der Waals surface area contributed by atoms with Crippen LogP contribution in [-0.2, 0) is 13.2 Å². The van der Waals surface area contributed by atoms with E-state index in [0.29, 0.717) is 6.61 Å². The van der Waals surface area contributed by atoms with E-state index in [4.69, 9.17) is 9.15 Å². The molecule has 0 amide bonds. The minimum Gasteiger partial charge on any atom is -0.485 e. The summed E-state index contributed by atoms with van der Waals surface area (Å²) in [5, 5.41) is 3.35. The summed E-state index contributed by atoms with van der Waals surface area (Å²) in [7, 11) is 0. The molecular weight excluding hydrogens is 262 g/mol. The Bertz CT molecular complexity index is 572. The Labute approximate surface area is 126 Å². The number of allylic oxidation sites excluding steroid dienone is 1. The van der Waals surface area contributed by atoms with Gasteiger partial charge in [-0.3, -0.25) is 0 Å². The minimum absolute atomic E-state index is 0.447. The normalized spacial score (nSPS) is 11.1. The van der Waals surface area contributed by atoms with Gasteiger partial charge in [-0.1, -0.05) is 37.3 Å². The zero-order chi connectivity index (χ0) is 14.9. The molecule has 0 bridgehead atoms. The van der Waals surface area contributed by atoms with Crippen molar-refractivity contribution in [3.63, 3.8) is 0 Å². The van der Waals surface area contributed by atoms with Crippen molar-refractivity contribution >= 4 is 6.08 Å². The van der Waals surface area contributed by atoms with Crippen LogP contribution in [0.2, 0.25) is 0 Å². The Morgan fingerprint density at radius 2 is 2.14 bits per heavy atom. The Kier molecular flexibility index (Phi) is 6.10. The molecule has 2 aromatic rings. The number of hydrogen-bond donors (Lipinski definition) is 1. The Morgan fingerprint density at radius 3 is 2.95 bits per heavy atom. The standard InChI is InChI=1S/C18H23NO2/c1-3-7-16-8-5-6-9-18(16)21-14-17-11-15(13-20-17)12-19-10-4-2/h3,5-9,11,13,19H,4,10,12,14H2,1-2H3. The van der Waals surface area contributed by atoms with Crippen molar-refractivity contribution in [2.75, 3.05) is 6.54 Å². The van der Waals surface area contributed by atoms with E-state index in [2.05, 4.69) is 12.2 Å². The van der Waals surface area contributed by atoms with Crippen molar-refractivity contribution in [1.82, 2.24) is 5.32 Å². The van der Waals surface area contributed by atoms with Gasteiger partial charge in [0.1, 0.15) is 18.1 Å². The second-order valence-corrected chi connectivity index (χ2v) is 4.92. The summed E-state index contributed by atoms with van der Waals surface area (Å²) in [6, 6.07) is 10.0. The van der Waals surface area contributed by atoms with Gasteiger partial charge in [-0.25, -0.2) is 0 Å². The number of rotatable bonds is 8. The third-order valence-electron chi connectivity index (χ3n) is 3.10. The van der Waals surface area contributed by atoms with Crippen LogP contribution in [0.15, 0.2) is 47.1 Å². The van der Waals surface area contributed by atoms with E-state index in [1.54, 1.807) is 6.26 Å². The molecule has 1 aromatic heterocycles. The van der Waals surface area contributed by atoms with Crippen LogP contribution in [0.1, 0.15) is 37.2 Å². The summed E-state index contributed by atoms with van der Waals surface area (Å²) >= 11 is 0. The van der Waals surface area contributed by atoms with Crippen LogP contribution in [0.5, 0.6) is 5.75 Å². The lowest BCUT2D eigenvalue weighted by Gasteiger charge is -2.07. The van der Waals surface area contributed by atoms with Gasteiger partial charge in [-0.2, -0.15) is 0 Å². The van der Waals surface area contributed by atoms with Crippen molar-refractivity contribution < 1.29 is 9.15 Å². The van der Waals surface area contributed by atoms with E-state index in [-0.39, 0.29) is 0 Å².